The highest BCUT2D eigenvalue weighted by atomic mass is 32.2. The van der Waals surface area contributed by atoms with E-state index in [9.17, 15) is 9.59 Å². The first-order valence-corrected chi connectivity index (χ1v) is 13.5. The van der Waals surface area contributed by atoms with Gasteiger partial charge in [0.2, 0.25) is 5.91 Å². The standard InChI is InChI=1S/C26H25N5O3S2/c1-2-34-20-11-9-19(10-12-20)31-23(16-27-25(33)22-8-5-15-35-22)28-29-26(31)36-17-24(32)30-14-13-18-6-3-4-7-21(18)30/h3-12,15H,2,13-14,16-17H2,1H3,(H,27,33). The van der Waals surface area contributed by atoms with E-state index in [1.165, 1.54) is 28.7 Å². The first-order valence-electron chi connectivity index (χ1n) is 11.6. The van der Waals surface area contributed by atoms with Crippen molar-refractivity contribution in [2.24, 2.45) is 0 Å². The largest absolute Gasteiger partial charge is 0.494 e. The molecule has 36 heavy (non-hydrogen) atoms. The summed E-state index contributed by atoms with van der Waals surface area (Å²) in [6, 6.07) is 19.2. The summed E-state index contributed by atoms with van der Waals surface area (Å²) >= 11 is 2.72. The highest BCUT2D eigenvalue weighted by Crippen LogP contribution is 2.29. The van der Waals surface area contributed by atoms with Crippen LogP contribution in [0.15, 0.2) is 71.2 Å². The Bertz CT molecular complexity index is 1350. The number of hydrogen-bond acceptors (Lipinski definition) is 7. The van der Waals surface area contributed by atoms with Gasteiger partial charge in [0, 0.05) is 17.9 Å². The fourth-order valence-corrected chi connectivity index (χ4v) is 5.57. The summed E-state index contributed by atoms with van der Waals surface area (Å²) in [7, 11) is 0. The molecule has 0 fully saturated rings. The number of thiophene rings is 1. The second-order valence-electron chi connectivity index (χ2n) is 8.03. The van der Waals surface area contributed by atoms with Gasteiger partial charge in [-0.25, -0.2) is 0 Å². The number of fused-ring (bicyclic) bond motifs is 1. The topological polar surface area (TPSA) is 89.3 Å². The van der Waals surface area contributed by atoms with Gasteiger partial charge in [0.25, 0.3) is 5.91 Å². The molecule has 4 aromatic rings. The molecule has 1 aliphatic rings. The second kappa shape index (κ2) is 11.0. The molecule has 0 saturated carbocycles. The summed E-state index contributed by atoms with van der Waals surface area (Å²) in [5.41, 5.74) is 3.00. The van der Waals surface area contributed by atoms with E-state index in [1.807, 2.05) is 70.3 Å². The average molecular weight is 520 g/mol. The summed E-state index contributed by atoms with van der Waals surface area (Å²) in [6.45, 7) is 3.40. The van der Waals surface area contributed by atoms with Gasteiger partial charge in [-0.05, 0) is 60.7 Å². The van der Waals surface area contributed by atoms with Crippen LogP contribution in [0.1, 0.15) is 28.0 Å². The smallest absolute Gasteiger partial charge is 0.261 e. The molecule has 0 radical (unpaired) electrons. The van der Waals surface area contributed by atoms with Crippen molar-refractivity contribution in [2.75, 3.05) is 23.8 Å². The lowest BCUT2D eigenvalue weighted by Crippen LogP contribution is -2.30. The Morgan fingerprint density at radius 1 is 1.08 bits per heavy atom. The molecule has 0 atom stereocenters. The van der Waals surface area contributed by atoms with Crippen molar-refractivity contribution in [1.82, 2.24) is 20.1 Å². The van der Waals surface area contributed by atoms with Crippen LogP contribution >= 0.6 is 23.1 Å². The molecule has 5 rings (SSSR count). The molecular weight excluding hydrogens is 494 g/mol. The Balaban J connectivity index is 1.35. The van der Waals surface area contributed by atoms with Gasteiger partial charge >= 0.3 is 0 Å². The molecular formula is C26H25N5O3S2. The Hall–Kier alpha value is -3.63. The molecule has 2 aromatic heterocycles. The molecule has 0 saturated heterocycles. The highest BCUT2D eigenvalue weighted by Gasteiger charge is 2.25. The summed E-state index contributed by atoms with van der Waals surface area (Å²) in [6.07, 6.45) is 0.864. The molecule has 1 N–H and O–H groups in total. The van der Waals surface area contributed by atoms with Crippen molar-refractivity contribution >= 4 is 40.6 Å². The van der Waals surface area contributed by atoms with Crippen LogP contribution in [0.2, 0.25) is 0 Å². The lowest BCUT2D eigenvalue weighted by atomic mass is 10.2. The fraction of sp³-hybridized carbons (Fsp3) is 0.231. The number of amides is 2. The molecule has 0 bridgehead atoms. The molecule has 2 aromatic carbocycles. The van der Waals surface area contributed by atoms with Crippen LogP contribution in [0.3, 0.4) is 0 Å². The minimum Gasteiger partial charge on any atom is -0.494 e. The van der Waals surface area contributed by atoms with E-state index >= 15 is 0 Å². The van der Waals surface area contributed by atoms with Crippen molar-refractivity contribution < 1.29 is 14.3 Å². The first kappa shape index (κ1) is 24.1. The summed E-state index contributed by atoms with van der Waals surface area (Å²) < 4.78 is 7.45. The van der Waals surface area contributed by atoms with Crippen LogP contribution in [-0.2, 0) is 17.8 Å². The zero-order valence-electron chi connectivity index (χ0n) is 19.7. The van der Waals surface area contributed by atoms with E-state index < -0.39 is 0 Å². The third-order valence-corrected chi connectivity index (χ3v) is 7.55. The molecule has 184 valence electrons. The minimum absolute atomic E-state index is 0.0266. The number of carbonyl (C=O) groups excluding carboxylic acids is 2. The molecule has 10 heteroatoms. The maximum Gasteiger partial charge on any atom is 0.261 e. The number of ether oxygens (including phenoxy) is 1. The van der Waals surface area contributed by atoms with Gasteiger partial charge < -0.3 is 15.0 Å². The predicted octanol–water partition coefficient (Wildman–Crippen LogP) is 4.34. The van der Waals surface area contributed by atoms with E-state index in [-0.39, 0.29) is 24.1 Å². The number of rotatable bonds is 9. The number of hydrogen-bond donors (Lipinski definition) is 1. The van der Waals surface area contributed by atoms with Gasteiger partial charge in [-0.15, -0.1) is 21.5 Å². The second-order valence-corrected chi connectivity index (χ2v) is 9.92. The number of aromatic nitrogens is 3. The van der Waals surface area contributed by atoms with Crippen LogP contribution in [0.4, 0.5) is 5.69 Å². The molecule has 1 aliphatic heterocycles. The highest BCUT2D eigenvalue weighted by molar-refractivity contribution is 7.99. The molecule has 0 aliphatic carbocycles. The third kappa shape index (κ3) is 5.14. The van der Waals surface area contributed by atoms with E-state index in [2.05, 4.69) is 21.6 Å². The summed E-state index contributed by atoms with van der Waals surface area (Å²) in [5, 5.41) is 14.1. The maximum atomic E-state index is 13.1. The van der Waals surface area contributed by atoms with E-state index in [0.717, 1.165) is 23.5 Å². The summed E-state index contributed by atoms with van der Waals surface area (Å²) in [5.74, 6) is 1.43. The van der Waals surface area contributed by atoms with Crippen molar-refractivity contribution in [3.8, 4) is 11.4 Å². The molecule has 2 amide bonds. The molecule has 0 spiro atoms. The number of anilines is 1. The number of nitrogens with one attached hydrogen (secondary N) is 1. The minimum atomic E-state index is -0.164. The zero-order valence-corrected chi connectivity index (χ0v) is 21.3. The number of thioether (sulfide) groups is 1. The SMILES string of the molecule is CCOc1ccc(-n2c(CNC(=O)c3cccs3)nnc2SCC(=O)N2CCc3ccccc32)cc1. The van der Waals surface area contributed by atoms with Crippen molar-refractivity contribution in [3.05, 3.63) is 82.3 Å². The van der Waals surface area contributed by atoms with Gasteiger partial charge in [0.15, 0.2) is 11.0 Å². The Kier molecular flexibility index (Phi) is 7.33. The third-order valence-electron chi connectivity index (χ3n) is 5.77. The fourth-order valence-electron chi connectivity index (χ4n) is 4.08. The van der Waals surface area contributed by atoms with Crippen molar-refractivity contribution in [3.63, 3.8) is 0 Å². The normalized spacial score (nSPS) is 12.4. The number of para-hydroxylation sites is 1. The molecule has 3 heterocycles. The van der Waals surface area contributed by atoms with Gasteiger partial charge in [-0.2, -0.15) is 0 Å². The number of nitrogens with zero attached hydrogens (tertiary/aromatic N) is 4. The van der Waals surface area contributed by atoms with E-state index in [4.69, 9.17) is 4.74 Å². The zero-order chi connectivity index (χ0) is 24.9. The van der Waals surface area contributed by atoms with Crippen LogP contribution in [0, 0.1) is 0 Å². The van der Waals surface area contributed by atoms with E-state index in [0.29, 0.717) is 29.0 Å². The van der Waals surface area contributed by atoms with Gasteiger partial charge in [0.05, 0.1) is 23.8 Å². The van der Waals surface area contributed by atoms with Crippen molar-refractivity contribution in [2.45, 2.75) is 25.0 Å². The maximum absolute atomic E-state index is 13.1. The number of benzene rings is 2. The van der Waals surface area contributed by atoms with Gasteiger partial charge in [-0.1, -0.05) is 36.0 Å². The predicted molar refractivity (Wildman–Crippen MR) is 141 cm³/mol. The Morgan fingerprint density at radius 2 is 1.92 bits per heavy atom. The van der Waals surface area contributed by atoms with Gasteiger partial charge in [0.1, 0.15) is 5.75 Å². The summed E-state index contributed by atoms with van der Waals surface area (Å²) in [4.78, 5) is 28.0. The lowest BCUT2D eigenvalue weighted by molar-refractivity contribution is -0.116. The lowest BCUT2D eigenvalue weighted by Gasteiger charge is -2.17. The van der Waals surface area contributed by atoms with Crippen LogP contribution in [-0.4, -0.2) is 45.5 Å². The average Bonchev–Trinajstić information content (AvgIpc) is 3.66. The molecule has 0 unspecified atom stereocenters. The van der Waals surface area contributed by atoms with Gasteiger partial charge in [-0.3, -0.25) is 14.2 Å². The van der Waals surface area contributed by atoms with Crippen LogP contribution < -0.4 is 15.0 Å². The Morgan fingerprint density at radius 3 is 2.69 bits per heavy atom. The van der Waals surface area contributed by atoms with Crippen LogP contribution in [0.5, 0.6) is 5.75 Å². The first-order chi connectivity index (χ1) is 17.6. The van der Waals surface area contributed by atoms with Crippen LogP contribution in [0.25, 0.3) is 5.69 Å². The molecule has 8 nitrogen and oxygen atoms in total. The number of carbonyl (C=O) groups is 2. The monoisotopic (exact) mass is 519 g/mol. The Labute approximate surface area is 217 Å². The van der Waals surface area contributed by atoms with E-state index in [1.54, 1.807) is 6.07 Å². The van der Waals surface area contributed by atoms with Crippen molar-refractivity contribution in [1.29, 1.82) is 0 Å². The quantitative estimate of drug-likeness (QED) is 0.331.